The molecule has 3 rings (SSSR count). The van der Waals surface area contributed by atoms with Crippen molar-refractivity contribution in [2.24, 2.45) is 0 Å². The predicted octanol–water partition coefficient (Wildman–Crippen LogP) is 4.34. The minimum Gasteiger partial charge on any atom is -0.352 e. The molecule has 0 aliphatic rings. The Morgan fingerprint density at radius 2 is 1.66 bits per heavy atom. The summed E-state index contributed by atoms with van der Waals surface area (Å²) in [5.74, 6) is -0.520. The van der Waals surface area contributed by atoms with Crippen LogP contribution in [0.3, 0.4) is 0 Å². The molecule has 0 saturated heterocycles. The highest BCUT2D eigenvalue weighted by Crippen LogP contribution is 2.24. The molecular weight excluding hydrogens is 450 g/mol. The van der Waals surface area contributed by atoms with Crippen molar-refractivity contribution in [2.75, 3.05) is 10.0 Å². The number of hydrogen-bond acceptors (Lipinski definition) is 4. The number of rotatable bonds is 7. The van der Waals surface area contributed by atoms with Gasteiger partial charge in [-0.2, -0.15) is 0 Å². The lowest BCUT2D eigenvalue weighted by Gasteiger charge is -2.13. The van der Waals surface area contributed by atoms with E-state index in [1.54, 1.807) is 61.5 Å². The second-order valence-corrected chi connectivity index (χ2v) is 9.24. The van der Waals surface area contributed by atoms with Gasteiger partial charge in [0.1, 0.15) is 0 Å². The monoisotopic (exact) mass is 471 g/mol. The summed E-state index contributed by atoms with van der Waals surface area (Å²) in [7, 11) is -3.90. The van der Waals surface area contributed by atoms with Crippen LogP contribution in [0.4, 0.5) is 11.4 Å². The zero-order chi connectivity index (χ0) is 23.3. The zero-order valence-electron chi connectivity index (χ0n) is 17.5. The largest absolute Gasteiger partial charge is 0.352 e. The topological polar surface area (TPSA) is 104 Å². The summed E-state index contributed by atoms with van der Waals surface area (Å²) in [6.45, 7) is 3.48. The number of sulfonamides is 1. The number of amides is 2. The molecule has 0 aliphatic carbocycles. The molecule has 32 heavy (non-hydrogen) atoms. The smallest absolute Gasteiger partial charge is 0.262 e. The average molecular weight is 472 g/mol. The van der Waals surface area contributed by atoms with Crippen LogP contribution in [0.25, 0.3) is 0 Å². The maximum atomic E-state index is 12.9. The van der Waals surface area contributed by atoms with Crippen LogP contribution in [0.5, 0.6) is 0 Å². The Labute approximate surface area is 191 Å². The summed E-state index contributed by atoms with van der Waals surface area (Å²) in [5, 5.41) is 5.81. The van der Waals surface area contributed by atoms with E-state index < -0.39 is 10.0 Å². The van der Waals surface area contributed by atoms with Crippen molar-refractivity contribution in [2.45, 2.75) is 25.3 Å². The Kier molecular flexibility index (Phi) is 7.17. The van der Waals surface area contributed by atoms with Crippen LogP contribution in [0.15, 0.2) is 71.6 Å². The molecule has 2 amide bonds. The molecule has 0 unspecified atom stereocenters. The van der Waals surface area contributed by atoms with Crippen molar-refractivity contribution < 1.29 is 18.0 Å². The number of nitrogens with one attached hydrogen (secondary N) is 3. The van der Waals surface area contributed by atoms with Gasteiger partial charge in [0.05, 0.1) is 10.6 Å². The molecule has 0 heterocycles. The van der Waals surface area contributed by atoms with E-state index in [1.807, 2.05) is 0 Å². The van der Waals surface area contributed by atoms with Crippen LogP contribution in [-0.4, -0.2) is 20.2 Å². The summed E-state index contributed by atoms with van der Waals surface area (Å²) in [6, 6.07) is 17.8. The molecule has 0 aromatic heterocycles. The Bertz CT molecular complexity index is 1260. The predicted molar refractivity (Wildman–Crippen MR) is 125 cm³/mol. The van der Waals surface area contributed by atoms with Gasteiger partial charge in [-0.3, -0.25) is 14.3 Å². The summed E-state index contributed by atoms with van der Waals surface area (Å²) >= 11 is 5.93. The fourth-order valence-electron chi connectivity index (χ4n) is 2.93. The van der Waals surface area contributed by atoms with Crippen molar-refractivity contribution in [3.05, 3.63) is 88.4 Å². The maximum absolute atomic E-state index is 12.9. The van der Waals surface area contributed by atoms with Gasteiger partial charge in [0.2, 0.25) is 5.91 Å². The lowest BCUT2D eigenvalue weighted by atomic mass is 10.1. The van der Waals surface area contributed by atoms with Gasteiger partial charge in [0.15, 0.2) is 0 Å². The second-order valence-electron chi connectivity index (χ2n) is 7.16. The Morgan fingerprint density at radius 3 is 2.31 bits per heavy atom. The van der Waals surface area contributed by atoms with Crippen molar-refractivity contribution in [3.63, 3.8) is 0 Å². The highest BCUT2D eigenvalue weighted by Gasteiger charge is 2.18. The van der Waals surface area contributed by atoms with Gasteiger partial charge in [0, 0.05) is 29.7 Å². The van der Waals surface area contributed by atoms with Gasteiger partial charge < -0.3 is 10.6 Å². The van der Waals surface area contributed by atoms with Crippen LogP contribution in [0, 0.1) is 6.92 Å². The highest BCUT2D eigenvalue weighted by atomic mass is 35.5. The quantitative estimate of drug-likeness (QED) is 0.476. The molecule has 166 valence electrons. The third kappa shape index (κ3) is 6.09. The Balaban J connectivity index is 1.76. The molecule has 3 aromatic carbocycles. The Hall–Kier alpha value is -3.36. The first-order valence-corrected chi connectivity index (χ1v) is 11.5. The standard InChI is InChI=1S/C23H22ClN3O4S/c1-15-6-11-20(13-22(15)32(30,31)27-21-5-3-4-19(24)12-21)26-23(29)18-9-7-17(8-10-18)14-25-16(2)28/h3-13,27H,14H2,1-2H3,(H,25,28)(H,26,29). The first-order valence-electron chi connectivity index (χ1n) is 9.68. The van der Waals surface area contributed by atoms with E-state index in [2.05, 4.69) is 15.4 Å². The molecule has 0 saturated carbocycles. The number of hydrogen-bond donors (Lipinski definition) is 3. The van der Waals surface area contributed by atoms with Crippen molar-refractivity contribution in [3.8, 4) is 0 Å². The number of carbonyl (C=O) groups is 2. The van der Waals surface area contributed by atoms with E-state index in [1.165, 1.54) is 19.1 Å². The molecule has 9 heteroatoms. The first kappa shape index (κ1) is 23.3. The minimum absolute atomic E-state index is 0.0425. The highest BCUT2D eigenvalue weighted by molar-refractivity contribution is 7.92. The second kappa shape index (κ2) is 9.84. The minimum atomic E-state index is -3.90. The van der Waals surface area contributed by atoms with Crippen LogP contribution >= 0.6 is 11.6 Å². The van der Waals surface area contributed by atoms with Gasteiger partial charge >= 0.3 is 0 Å². The summed E-state index contributed by atoms with van der Waals surface area (Å²) in [4.78, 5) is 23.7. The lowest BCUT2D eigenvalue weighted by molar-refractivity contribution is -0.119. The molecule has 0 fully saturated rings. The maximum Gasteiger partial charge on any atom is 0.262 e. The van der Waals surface area contributed by atoms with Crippen LogP contribution < -0.4 is 15.4 Å². The van der Waals surface area contributed by atoms with Gasteiger partial charge in [-0.25, -0.2) is 8.42 Å². The van der Waals surface area contributed by atoms with E-state index in [-0.39, 0.29) is 16.7 Å². The van der Waals surface area contributed by atoms with Crippen LogP contribution in [-0.2, 0) is 21.4 Å². The summed E-state index contributed by atoms with van der Waals surface area (Å²) in [6.07, 6.45) is 0. The molecule has 0 aliphatic heterocycles. The third-order valence-electron chi connectivity index (χ3n) is 4.57. The van der Waals surface area contributed by atoms with E-state index in [0.29, 0.717) is 34.1 Å². The molecule has 7 nitrogen and oxygen atoms in total. The summed E-state index contributed by atoms with van der Waals surface area (Å²) < 4.78 is 28.3. The van der Waals surface area contributed by atoms with Crippen molar-refractivity contribution in [1.82, 2.24) is 5.32 Å². The summed E-state index contributed by atoms with van der Waals surface area (Å²) in [5.41, 5.74) is 2.46. The SMILES string of the molecule is CC(=O)NCc1ccc(C(=O)Nc2ccc(C)c(S(=O)(=O)Nc3cccc(Cl)c3)c2)cc1. The van der Waals surface area contributed by atoms with Gasteiger partial charge in [-0.1, -0.05) is 35.9 Å². The van der Waals surface area contributed by atoms with E-state index >= 15 is 0 Å². The molecule has 0 spiro atoms. The Morgan fingerprint density at radius 1 is 0.938 bits per heavy atom. The van der Waals surface area contributed by atoms with Gasteiger partial charge in [0.25, 0.3) is 15.9 Å². The van der Waals surface area contributed by atoms with Crippen molar-refractivity contribution in [1.29, 1.82) is 0 Å². The number of anilines is 2. The number of carbonyl (C=O) groups excluding carboxylic acids is 2. The molecule has 0 bridgehead atoms. The molecule has 0 atom stereocenters. The molecule has 3 N–H and O–H groups in total. The fourth-order valence-corrected chi connectivity index (χ4v) is 4.44. The van der Waals surface area contributed by atoms with E-state index in [0.717, 1.165) is 5.56 Å². The zero-order valence-corrected chi connectivity index (χ0v) is 19.0. The lowest BCUT2D eigenvalue weighted by Crippen LogP contribution is -2.19. The van der Waals surface area contributed by atoms with Crippen LogP contribution in [0.1, 0.15) is 28.4 Å². The average Bonchev–Trinajstić information content (AvgIpc) is 2.73. The van der Waals surface area contributed by atoms with Crippen molar-refractivity contribution >= 4 is 44.8 Å². The van der Waals surface area contributed by atoms with Gasteiger partial charge in [-0.05, 0) is 60.5 Å². The normalized spacial score (nSPS) is 11.0. The van der Waals surface area contributed by atoms with Crippen LogP contribution in [0.2, 0.25) is 5.02 Å². The first-order chi connectivity index (χ1) is 15.1. The third-order valence-corrected chi connectivity index (χ3v) is 6.33. The molecule has 0 radical (unpaired) electrons. The number of aryl methyl sites for hydroxylation is 1. The number of benzene rings is 3. The number of halogens is 1. The van der Waals surface area contributed by atoms with E-state index in [9.17, 15) is 18.0 Å². The van der Waals surface area contributed by atoms with Gasteiger partial charge in [-0.15, -0.1) is 0 Å². The molecular formula is C23H22ClN3O4S. The van der Waals surface area contributed by atoms with E-state index in [4.69, 9.17) is 11.6 Å². The fraction of sp³-hybridized carbons (Fsp3) is 0.130. The molecule has 3 aromatic rings.